The molecule has 0 aromatic heterocycles. The Morgan fingerprint density at radius 3 is 1.14 bits per heavy atom. The van der Waals surface area contributed by atoms with Gasteiger partial charge in [0.1, 0.15) is 0 Å². The van der Waals surface area contributed by atoms with E-state index in [1.165, 1.54) is 32.3 Å². The minimum atomic E-state index is 0.948. The van der Waals surface area contributed by atoms with Crippen LogP contribution in [0.1, 0.15) is 11.1 Å². The lowest BCUT2D eigenvalue weighted by atomic mass is 10.1. The van der Waals surface area contributed by atoms with Crippen LogP contribution in [-0.4, -0.2) is 0 Å². The summed E-state index contributed by atoms with van der Waals surface area (Å²) in [6.07, 6.45) is 4.36. The molecule has 0 fully saturated rings. The van der Waals surface area contributed by atoms with Crippen LogP contribution in [0.3, 0.4) is 0 Å². The van der Waals surface area contributed by atoms with Crippen LogP contribution in [-0.2, 0) is 0 Å². The van der Waals surface area contributed by atoms with Gasteiger partial charge in [-0.25, -0.2) is 0 Å². The molecule has 0 aliphatic heterocycles. The molecule has 0 bridgehead atoms. The summed E-state index contributed by atoms with van der Waals surface area (Å²) < 4.78 is 0. The van der Waals surface area contributed by atoms with Crippen LogP contribution in [0.4, 0.5) is 34.1 Å². The van der Waals surface area contributed by atoms with E-state index >= 15 is 0 Å². The summed E-state index contributed by atoms with van der Waals surface area (Å²) in [5, 5.41) is 9.50. The Labute approximate surface area is 327 Å². The van der Waals surface area contributed by atoms with Gasteiger partial charge in [0.25, 0.3) is 0 Å². The van der Waals surface area contributed by atoms with Gasteiger partial charge in [-0.15, -0.1) is 0 Å². The van der Waals surface area contributed by atoms with Gasteiger partial charge in [-0.1, -0.05) is 152 Å². The van der Waals surface area contributed by atoms with Crippen LogP contribution >= 0.6 is 0 Å². The maximum atomic E-state index is 3.45. The van der Waals surface area contributed by atoms with Crippen molar-refractivity contribution >= 4 is 89.4 Å². The minimum absolute atomic E-state index is 0.948. The van der Waals surface area contributed by atoms with Gasteiger partial charge in [-0.05, 0) is 128 Å². The molecule has 10 aromatic rings. The zero-order valence-corrected chi connectivity index (χ0v) is 30.7. The van der Waals surface area contributed by atoms with Gasteiger partial charge in [0.15, 0.2) is 0 Å². The Morgan fingerprint density at radius 2 is 0.661 bits per heavy atom. The highest BCUT2D eigenvalue weighted by Crippen LogP contribution is 2.39. The summed E-state index contributed by atoms with van der Waals surface area (Å²) >= 11 is 0. The zero-order chi connectivity index (χ0) is 37.3. The summed E-state index contributed by atoms with van der Waals surface area (Å²) in [7, 11) is 0. The van der Waals surface area contributed by atoms with Gasteiger partial charge >= 0.3 is 0 Å². The van der Waals surface area contributed by atoms with Crippen LogP contribution < -0.4 is 9.80 Å². The molecule has 0 heterocycles. The highest BCUT2D eigenvalue weighted by Gasteiger charge is 2.15. The first-order valence-corrected chi connectivity index (χ1v) is 19.0. The van der Waals surface area contributed by atoms with Gasteiger partial charge in [-0.2, -0.15) is 0 Å². The lowest BCUT2D eigenvalue weighted by Gasteiger charge is -2.26. The first-order valence-electron chi connectivity index (χ1n) is 19.0. The zero-order valence-electron chi connectivity index (χ0n) is 30.7. The molecule has 0 saturated heterocycles. The predicted octanol–water partition coefficient (Wildman–Crippen LogP) is 15.0. The van der Waals surface area contributed by atoms with Crippen molar-refractivity contribution in [3.8, 4) is 0 Å². The molecule has 0 saturated carbocycles. The van der Waals surface area contributed by atoms with Gasteiger partial charge in [-0.3, -0.25) is 0 Å². The summed E-state index contributed by atoms with van der Waals surface area (Å²) in [5.41, 5.74) is 8.70. The molecule has 10 rings (SSSR count). The number of anilines is 6. The monoisotopic (exact) mass is 712 g/mol. The van der Waals surface area contributed by atoms with E-state index in [1.807, 2.05) is 6.07 Å². The average Bonchev–Trinajstić information content (AvgIpc) is 3.26. The van der Waals surface area contributed by atoms with Gasteiger partial charge < -0.3 is 9.80 Å². The molecule has 2 nitrogen and oxygen atoms in total. The second-order valence-electron chi connectivity index (χ2n) is 14.1. The number of rotatable bonds is 8. The van der Waals surface area contributed by atoms with Crippen molar-refractivity contribution in [2.75, 3.05) is 9.80 Å². The Kier molecular flexibility index (Phi) is 8.44. The molecule has 0 N–H and O–H groups in total. The van der Waals surface area contributed by atoms with E-state index in [1.54, 1.807) is 0 Å². The van der Waals surface area contributed by atoms with Crippen molar-refractivity contribution in [2.24, 2.45) is 0 Å². The third-order valence-corrected chi connectivity index (χ3v) is 10.6. The van der Waals surface area contributed by atoms with E-state index in [4.69, 9.17) is 0 Å². The number of fused-ring (bicyclic) bond motifs is 4. The largest absolute Gasteiger partial charge is 0.310 e. The fourth-order valence-corrected chi connectivity index (χ4v) is 7.66. The molecular formula is C54H36N2. The van der Waals surface area contributed by atoms with Gasteiger partial charge in [0.05, 0.1) is 5.69 Å². The Hall–Kier alpha value is -7.60. The van der Waals surface area contributed by atoms with Gasteiger partial charge in [0.2, 0.25) is 0 Å². The molecule has 0 unspecified atom stereocenters. The second kappa shape index (κ2) is 14.3. The topological polar surface area (TPSA) is 6.48 Å². The molecule has 0 aliphatic rings. The fraction of sp³-hybridized carbons (Fsp3) is 0. The number of nitrogens with zero attached hydrogens (tertiary/aromatic N) is 2. The average molecular weight is 713 g/mol. The van der Waals surface area contributed by atoms with Crippen molar-refractivity contribution in [3.63, 3.8) is 0 Å². The van der Waals surface area contributed by atoms with Crippen LogP contribution in [0.25, 0.3) is 55.2 Å². The van der Waals surface area contributed by atoms with Crippen molar-refractivity contribution in [1.29, 1.82) is 0 Å². The second-order valence-corrected chi connectivity index (χ2v) is 14.1. The number of hydrogen-bond acceptors (Lipinski definition) is 2. The molecule has 0 aliphatic carbocycles. The van der Waals surface area contributed by atoms with Crippen molar-refractivity contribution in [3.05, 3.63) is 230 Å². The van der Waals surface area contributed by atoms with Crippen LogP contribution in [0.15, 0.2) is 206 Å². The highest BCUT2D eigenvalue weighted by atomic mass is 15.1. The smallest absolute Gasteiger partial charge is 0.0980 e. The van der Waals surface area contributed by atoms with Gasteiger partial charge in [0, 0.05) is 33.8 Å². The lowest BCUT2D eigenvalue weighted by molar-refractivity contribution is 1.29. The third kappa shape index (κ3) is 6.49. The number of benzene rings is 9. The number of hydrogen-bond donors (Lipinski definition) is 0. The van der Waals surface area contributed by atoms with Crippen LogP contribution in [0.5, 0.6) is 0 Å². The van der Waals surface area contributed by atoms with Crippen molar-refractivity contribution < 1.29 is 0 Å². The first-order chi connectivity index (χ1) is 27.7. The van der Waals surface area contributed by atoms with E-state index < -0.39 is 0 Å². The van der Waals surface area contributed by atoms with Crippen LogP contribution in [0, 0.1) is 12.1 Å². The predicted molar refractivity (Wildman–Crippen MR) is 239 cm³/mol. The van der Waals surface area contributed by atoms with E-state index in [2.05, 4.69) is 234 Å². The molecular weight excluding hydrogens is 677 g/mol. The standard InChI is InChI=1S/C54H36N2/c1-5-13-45-35-51(31-23-41(45)9-1)55(52-32-24-42-10-2-6-14-46(42)36-52)49-27-19-39(20-28-49)17-18-40-21-29-50(30-22-40)56(53-33-25-43-11-3-7-15-47(43)37-53)54-34-26-44-12-4-8-16-48(44)38-54/h1-25,27-33,35-38H/b18-17+. The van der Waals surface area contributed by atoms with Crippen molar-refractivity contribution in [1.82, 2.24) is 0 Å². The Bertz CT molecular complexity index is 2670. The highest BCUT2D eigenvalue weighted by molar-refractivity contribution is 5.94. The van der Waals surface area contributed by atoms with Crippen LogP contribution in [0.2, 0.25) is 0 Å². The van der Waals surface area contributed by atoms with E-state index in [9.17, 15) is 0 Å². The summed E-state index contributed by atoms with van der Waals surface area (Å²) in [4.78, 5) is 4.61. The minimum Gasteiger partial charge on any atom is -0.310 e. The molecule has 56 heavy (non-hydrogen) atoms. The molecule has 10 aromatic carbocycles. The van der Waals surface area contributed by atoms with E-state index in [0.29, 0.717) is 0 Å². The molecule has 0 spiro atoms. The Morgan fingerprint density at radius 1 is 0.286 bits per heavy atom. The molecule has 2 heteroatoms. The maximum absolute atomic E-state index is 3.45. The van der Waals surface area contributed by atoms with E-state index in [0.717, 1.165) is 56.0 Å². The fourth-order valence-electron chi connectivity index (χ4n) is 7.66. The molecule has 0 atom stereocenters. The Balaban J connectivity index is 0.953. The lowest BCUT2D eigenvalue weighted by Crippen LogP contribution is -2.09. The maximum Gasteiger partial charge on any atom is 0.0980 e. The summed E-state index contributed by atoms with van der Waals surface area (Å²) in [5.74, 6) is 0. The first kappa shape index (κ1) is 33.0. The summed E-state index contributed by atoms with van der Waals surface area (Å²) in [6.45, 7) is 0. The summed E-state index contributed by atoms with van der Waals surface area (Å²) in [6, 6.07) is 80.5. The quantitative estimate of drug-likeness (QED) is 0.145. The molecule has 0 amide bonds. The van der Waals surface area contributed by atoms with Crippen molar-refractivity contribution in [2.45, 2.75) is 0 Å². The molecule has 262 valence electrons. The molecule has 0 radical (unpaired) electrons. The third-order valence-electron chi connectivity index (χ3n) is 10.6. The SMILES string of the molecule is c1c(N(c2ccc(/C=C/c3ccc(N(c4ccc5ccccc5c4)c4ccc5ccccc5c4)cc3)cc2)c2ccc3ccccc3c2)cc2ccccc2c#1. The van der Waals surface area contributed by atoms with E-state index in [-0.39, 0.29) is 0 Å². The normalized spacial score (nSPS) is 11.4.